The summed E-state index contributed by atoms with van der Waals surface area (Å²) in [5.41, 5.74) is 0. The standard InChI is InChI=1S/C14H19ClN2O3S2/c15-22(19,20)13-8-14(18)17(10-13)11-3-5-16(6-4-11)9-12-2-1-7-21-12/h1-2,7,11,13H,3-6,8-10H2. The van der Waals surface area contributed by atoms with E-state index in [0.29, 0.717) is 0 Å². The molecule has 1 aromatic rings. The second kappa shape index (κ2) is 6.47. The average molecular weight is 363 g/mol. The van der Waals surface area contributed by atoms with E-state index in [-0.39, 0.29) is 24.9 Å². The molecule has 1 aromatic heterocycles. The first-order valence-electron chi connectivity index (χ1n) is 7.41. The van der Waals surface area contributed by atoms with Gasteiger partial charge in [-0.2, -0.15) is 0 Å². The third kappa shape index (κ3) is 3.64. The third-order valence-corrected chi connectivity index (χ3v) is 7.21. The van der Waals surface area contributed by atoms with Crippen LogP contribution in [0.5, 0.6) is 0 Å². The van der Waals surface area contributed by atoms with E-state index in [1.54, 1.807) is 16.2 Å². The van der Waals surface area contributed by atoms with Crippen molar-refractivity contribution in [1.82, 2.24) is 9.80 Å². The Labute approximate surface area is 139 Å². The Hall–Kier alpha value is -0.630. The molecule has 0 aliphatic carbocycles. The van der Waals surface area contributed by atoms with Crippen molar-refractivity contribution >= 4 is 37.0 Å². The van der Waals surface area contributed by atoms with Crippen molar-refractivity contribution in [2.75, 3.05) is 19.6 Å². The predicted molar refractivity (Wildman–Crippen MR) is 87.5 cm³/mol. The highest BCUT2D eigenvalue weighted by molar-refractivity contribution is 8.14. The number of likely N-dealkylation sites (tertiary alicyclic amines) is 2. The second-order valence-corrected chi connectivity index (χ2v) is 9.87. The zero-order valence-electron chi connectivity index (χ0n) is 12.2. The number of carbonyl (C=O) groups is 1. The summed E-state index contributed by atoms with van der Waals surface area (Å²) in [6.07, 6.45) is 1.82. The van der Waals surface area contributed by atoms with Gasteiger partial charge in [0.1, 0.15) is 5.25 Å². The number of hydrogen-bond acceptors (Lipinski definition) is 5. The van der Waals surface area contributed by atoms with Crippen LogP contribution in [0.1, 0.15) is 24.1 Å². The molecule has 8 heteroatoms. The number of thiophene rings is 1. The molecule has 0 aromatic carbocycles. The van der Waals surface area contributed by atoms with Crippen molar-refractivity contribution < 1.29 is 13.2 Å². The number of rotatable bonds is 4. The molecule has 3 heterocycles. The molecule has 0 bridgehead atoms. The first kappa shape index (κ1) is 16.2. The molecule has 0 saturated carbocycles. The molecule has 0 spiro atoms. The molecule has 1 amide bonds. The molecule has 2 fully saturated rings. The van der Waals surface area contributed by atoms with E-state index in [0.717, 1.165) is 32.5 Å². The van der Waals surface area contributed by atoms with Gasteiger partial charge in [-0.05, 0) is 24.3 Å². The summed E-state index contributed by atoms with van der Waals surface area (Å²) in [4.78, 5) is 17.5. The summed E-state index contributed by atoms with van der Waals surface area (Å²) < 4.78 is 22.8. The van der Waals surface area contributed by atoms with Crippen molar-refractivity contribution in [3.8, 4) is 0 Å². The first-order valence-corrected chi connectivity index (χ1v) is 10.7. The van der Waals surface area contributed by atoms with E-state index >= 15 is 0 Å². The van der Waals surface area contributed by atoms with Gasteiger partial charge in [0.25, 0.3) is 0 Å². The molecule has 2 saturated heterocycles. The third-order valence-electron chi connectivity index (χ3n) is 4.48. The average Bonchev–Trinajstić information content (AvgIpc) is 3.09. The summed E-state index contributed by atoms with van der Waals surface area (Å²) in [5, 5.41) is 1.34. The summed E-state index contributed by atoms with van der Waals surface area (Å²) in [6.45, 7) is 3.08. The quantitative estimate of drug-likeness (QED) is 0.767. The van der Waals surface area contributed by atoms with E-state index in [1.807, 2.05) is 0 Å². The lowest BCUT2D eigenvalue weighted by molar-refractivity contribution is -0.130. The molecule has 1 atom stereocenters. The fourth-order valence-corrected chi connectivity index (χ4v) is 5.04. The van der Waals surface area contributed by atoms with Crippen LogP contribution in [0, 0.1) is 0 Å². The molecule has 2 aliphatic rings. The molecule has 0 N–H and O–H groups in total. The minimum absolute atomic E-state index is 0.0290. The Morgan fingerprint density at radius 3 is 2.59 bits per heavy atom. The van der Waals surface area contributed by atoms with Crippen LogP contribution in [0.3, 0.4) is 0 Å². The van der Waals surface area contributed by atoms with E-state index < -0.39 is 14.3 Å². The van der Waals surface area contributed by atoms with Crippen molar-refractivity contribution in [2.24, 2.45) is 0 Å². The van der Waals surface area contributed by atoms with E-state index in [9.17, 15) is 13.2 Å². The number of hydrogen-bond donors (Lipinski definition) is 0. The SMILES string of the molecule is O=C1CC(S(=O)(=O)Cl)CN1C1CCN(Cc2cccs2)CC1. The first-order chi connectivity index (χ1) is 10.4. The molecule has 1 unspecified atom stereocenters. The summed E-state index contributed by atoms with van der Waals surface area (Å²) >= 11 is 1.76. The Morgan fingerprint density at radius 1 is 1.32 bits per heavy atom. The predicted octanol–water partition coefficient (Wildman–Crippen LogP) is 1.88. The summed E-state index contributed by atoms with van der Waals surface area (Å²) in [5.74, 6) is -0.0778. The van der Waals surface area contributed by atoms with Gasteiger partial charge < -0.3 is 4.90 Å². The maximum Gasteiger partial charge on any atom is 0.237 e. The van der Waals surface area contributed by atoms with Gasteiger partial charge >= 0.3 is 0 Å². The minimum atomic E-state index is -3.65. The lowest BCUT2D eigenvalue weighted by Crippen LogP contribution is -2.45. The maximum absolute atomic E-state index is 12.1. The molecule has 122 valence electrons. The highest BCUT2D eigenvalue weighted by Gasteiger charge is 2.40. The molecular formula is C14H19ClN2O3S2. The Bertz CT molecular complexity index is 625. The summed E-state index contributed by atoms with van der Waals surface area (Å²) in [7, 11) is 1.75. The van der Waals surface area contributed by atoms with Gasteiger partial charge in [-0.15, -0.1) is 11.3 Å². The van der Waals surface area contributed by atoms with Crippen LogP contribution >= 0.6 is 22.0 Å². The summed E-state index contributed by atoms with van der Waals surface area (Å²) in [6, 6.07) is 4.34. The minimum Gasteiger partial charge on any atom is -0.338 e. The molecule has 22 heavy (non-hydrogen) atoms. The van der Waals surface area contributed by atoms with E-state index in [1.165, 1.54) is 4.88 Å². The van der Waals surface area contributed by atoms with Crippen molar-refractivity contribution in [3.63, 3.8) is 0 Å². The zero-order valence-corrected chi connectivity index (χ0v) is 14.5. The van der Waals surface area contributed by atoms with Gasteiger partial charge in [0.15, 0.2) is 0 Å². The van der Waals surface area contributed by atoms with Gasteiger partial charge in [0, 0.05) is 54.2 Å². The highest BCUT2D eigenvalue weighted by Crippen LogP contribution is 2.27. The van der Waals surface area contributed by atoms with Crippen LogP contribution in [-0.2, 0) is 20.4 Å². The van der Waals surface area contributed by atoms with Gasteiger partial charge in [0.05, 0.1) is 0 Å². The maximum atomic E-state index is 12.1. The Balaban J connectivity index is 1.54. The van der Waals surface area contributed by atoms with Crippen molar-refractivity contribution in [2.45, 2.75) is 37.1 Å². The molecule has 3 rings (SSSR count). The number of nitrogens with zero attached hydrogens (tertiary/aromatic N) is 2. The largest absolute Gasteiger partial charge is 0.338 e. The number of carbonyl (C=O) groups excluding carboxylic acids is 1. The van der Waals surface area contributed by atoms with E-state index in [2.05, 4.69) is 22.4 Å². The smallest absolute Gasteiger partial charge is 0.237 e. The number of halogens is 1. The Morgan fingerprint density at radius 2 is 2.05 bits per heavy atom. The van der Waals surface area contributed by atoms with Crippen LogP contribution < -0.4 is 0 Å². The monoisotopic (exact) mass is 362 g/mol. The second-order valence-electron chi connectivity index (χ2n) is 5.93. The fourth-order valence-electron chi connectivity index (χ4n) is 3.25. The lowest BCUT2D eigenvalue weighted by Gasteiger charge is -2.36. The molecule has 5 nitrogen and oxygen atoms in total. The van der Waals surface area contributed by atoms with Gasteiger partial charge in [-0.25, -0.2) is 8.42 Å². The molecule has 0 radical (unpaired) electrons. The normalized spacial score (nSPS) is 25.0. The number of piperidine rings is 1. The van der Waals surface area contributed by atoms with Crippen molar-refractivity contribution in [3.05, 3.63) is 22.4 Å². The fraction of sp³-hybridized carbons (Fsp3) is 0.643. The Kier molecular flexibility index (Phi) is 4.77. The van der Waals surface area contributed by atoms with Gasteiger partial charge in [-0.1, -0.05) is 6.07 Å². The topological polar surface area (TPSA) is 57.7 Å². The van der Waals surface area contributed by atoms with Crippen LogP contribution in [0.4, 0.5) is 0 Å². The lowest BCUT2D eigenvalue weighted by atomic mass is 10.0. The van der Waals surface area contributed by atoms with Crippen LogP contribution in [0.2, 0.25) is 0 Å². The van der Waals surface area contributed by atoms with Gasteiger partial charge in [-0.3, -0.25) is 9.69 Å². The zero-order chi connectivity index (χ0) is 15.7. The van der Waals surface area contributed by atoms with Crippen molar-refractivity contribution in [1.29, 1.82) is 0 Å². The molecule has 2 aliphatic heterocycles. The molecular weight excluding hydrogens is 344 g/mol. The van der Waals surface area contributed by atoms with Gasteiger partial charge in [0.2, 0.25) is 15.0 Å². The van der Waals surface area contributed by atoms with Crippen LogP contribution in [-0.4, -0.2) is 55.1 Å². The van der Waals surface area contributed by atoms with Crippen LogP contribution in [0.15, 0.2) is 17.5 Å². The number of amides is 1. The highest BCUT2D eigenvalue weighted by atomic mass is 35.7. The van der Waals surface area contributed by atoms with Crippen LogP contribution in [0.25, 0.3) is 0 Å². The van der Waals surface area contributed by atoms with E-state index in [4.69, 9.17) is 10.7 Å².